The van der Waals surface area contributed by atoms with E-state index in [9.17, 15) is 13.6 Å². The molecular weight excluding hydrogens is 298 g/mol. The fraction of sp³-hybridized carbons (Fsp3) is 0.400. The number of Topliss-reactive ketones (excluding diaryl/α,β-unsaturated/α-hetero) is 1. The number of carbonyl (C=O) groups is 1. The Balaban J connectivity index is 0.000000384. The third-order valence-corrected chi connectivity index (χ3v) is 2.78. The molecule has 0 aliphatic carbocycles. The number of hydrogen-bond donors (Lipinski definition) is 0. The van der Waals surface area contributed by atoms with Gasteiger partial charge in [-0.1, -0.05) is 11.6 Å². The van der Waals surface area contributed by atoms with Crippen LogP contribution in [0.15, 0.2) is 28.8 Å². The van der Waals surface area contributed by atoms with Crippen molar-refractivity contribution in [3.05, 3.63) is 40.2 Å². The van der Waals surface area contributed by atoms with Crippen LogP contribution in [-0.4, -0.2) is 30.0 Å². The maximum Gasteiger partial charge on any atom is 0.260 e. The standard InChI is InChI=1S/C8H8ClNO.C7H11F2N/c1-5-7(6(2)11)3-4-8(9)10-5;1-5(7(8)9)4-6(2)10-3/h3-4H,1-2H3;4,7H,1-3H3/b;5-4+,10-6?. The molecule has 0 aromatic carbocycles. The molecule has 0 N–H and O–H groups in total. The number of pyridine rings is 1. The van der Waals surface area contributed by atoms with E-state index in [0.717, 1.165) is 0 Å². The SMILES string of the molecule is CC(=O)c1ccc(Cl)nc1C.CN=C(C)/C=C(\C)C(F)F. The third-order valence-electron chi connectivity index (χ3n) is 2.56. The molecule has 6 heteroatoms. The van der Waals surface area contributed by atoms with Gasteiger partial charge in [0, 0.05) is 24.0 Å². The maximum atomic E-state index is 11.8. The molecule has 0 amide bonds. The van der Waals surface area contributed by atoms with Gasteiger partial charge < -0.3 is 0 Å². The topological polar surface area (TPSA) is 42.3 Å². The average Bonchev–Trinajstić information content (AvgIpc) is 2.38. The van der Waals surface area contributed by atoms with E-state index >= 15 is 0 Å². The van der Waals surface area contributed by atoms with Gasteiger partial charge in [0.25, 0.3) is 6.43 Å². The van der Waals surface area contributed by atoms with Crippen molar-refractivity contribution in [3.63, 3.8) is 0 Å². The maximum absolute atomic E-state index is 11.8. The molecule has 0 bridgehead atoms. The second-order valence-corrected chi connectivity index (χ2v) is 4.76. The highest BCUT2D eigenvalue weighted by Gasteiger charge is 2.04. The van der Waals surface area contributed by atoms with E-state index in [1.54, 1.807) is 33.0 Å². The van der Waals surface area contributed by atoms with Gasteiger partial charge in [-0.05, 0) is 51.5 Å². The lowest BCUT2D eigenvalue weighted by molar-refractivity contribution is 0.101. The van der Waals surface area contributed by atoms with Gasteiger partial charge in [0.15, 0.2) is 5.78 Å². The normalized spacial score (nSPS) is 12.0. The van der Waals surface area contributed by atoms with E-state index < -0.39 is 6.43 Å². The number of halogens is 3. The van der Waals surface area contributed by atoms with Crippen molar-refractivity contribution in [2.24, 2.45) is 4.99 Å². The van der Waals surface area contributed by atoms with E-state index in [0.29, 0.717) is 22.1 Å². The molecule has 0 saturated carbocycles. The van der Waals surface area contributed by atoms with Crippen molar-refractivity contribution < 1.29 is 13.6 Å². The van der Waals surface area contributed by atoms with E-state index in [1.165, 1.54) is 19.9 Å². The Morgan fingerprint density at radius 2 is 1.90 bits per heavy atom. The summed E-state index contributed by atoms with van der Waals surface area (Å²) in [7, 11) is 1.57. The van der Waals surface area contributed by atoms with Crippen LogP contribution < -0.4 is 0 Å². The van der Waals surface area contributed by atoms with Gasteiger partial charge >= 0.3 is 0 Å². The lowest BCUT2D eigenvalue weighted by Gasteiger charge is -1.99. The number of aromatic nitrogens is 1. The molecule has 116 valence electrons. The Morgan fingerprint density at radius 3 is 2.29 bits per heavy atom. The first-order valence-corrected chi connectivity index (χ1v) is 6.60. The predicted octanol–water partition coefficient (Wildman–Crippen LogP) is 4.53. The highest BCUT2D eigenvalue weighted by Crippen LogP contribution is 2.10. The summed E-state index contributed by atoms with van der Waals surface area (Å²) in [6.45, 7) is 6.35. The van der Waals surface area contributed by atoms with Crippen LogP contribution in [0.2, 0.25) is 5.15 Å². The van der Waals surface area contributed by atoms with Crippen LogP contribution in [0, 0.1) is 6.92 Å². The van der Waals surface area contributed by atoms with Crippen LogP contribution in [0.3, 0.4) is 0 Å². The quantitative estimate of drug-likeness (QED) is 0.467. The molecule has 0 aliphatic heterocycles. The number of rotatable bonds is 3. The first-order chi connectivity index (χ1) is 9.68. The van der Waals surface area contributed by atoms with E-state index in [-0.39, 0.29) is 11.4 Å². The lowest BCUT2D eigenvalue weighted by Crippen LogP contribution is -1.97. The van der Waals surface area contributed by atoms with Crippen LogP contribution in [0.1, 0.15) is 36.8 Å². The molecule has 1 rings (SSSR count). The summed E-state index contributed by atoms with van der Waals surface area (Å²) in [6.07, 6.45) is -0.985. The van der Waals surface area contributed by atoms with Gasteiger partial charge in [0.05, 0.1) is 0 Å². The van der Waals surface area contributed by atoms with Gasteiger partial charge in [-0.15, -0.1) is 0 Å². The number of ketones is 1. The zero-order chi connectivity index (χ0) is 16.6. The van der Waals surface area contributed by atoms with Crippen LogP contribution in [0.4, 0.5) is 8.78 Å². The predicted molar refractivity (Wildman–Crippen MR) is 82.8 cm³/mol. The second kappa shape index (κ2) is 9.34. The van der Waals surface area contributed by atoms with Crippen LogP contribution in [-0.2, 0) is 0 Å². The molecule has 1 aromatic rings. The Kier molecular flexibility index (Phi) is 8.62. The van der Waals surface area contributed by atoms with Gasteiger partial charge in [0.2, 0.25) is 0 Å². The number of carbonyl (C=O) groups excluding carboxylic acids is 1. The first-order valence-electron chi connectivity index (χ1n) is 6.22. The lowest BCUT2D eigenvalue weighted by atomic mass is 10.1. The van der Waals surface area contributed by atoms with Crippen molar-refractivity contribution in [1.82, 2.24) is 4.98 Å². The summed E-state index contributed by atoms with van der Waals surface area (Å²) in [5, 5.41) is 0.424. The van der Waals surface area contributed by atoms with Crippen molar-refractivity contribution >= 4 is 23.1 Å². The molecule has 0 fully saturated rings. The number of aliphatic imine (C=N–C) groups is 1. The molecule has 0 spiro atoms. The zero-order valence-corrected chi connectivity index (χ0v) is 13.5. The van der Waals surface area contributed by atoms with Crippen molar-refractivity contribution in [2.75, 3.05) is 7.05 Å². The minimum Gasteiger partial charge on any atom is -0.294 e. The van der Waals surface area contributed by atoms with E-state index in [2.05, 4.69) is 9.98 Å². The smallest absolute Gasteiger partial charge is 0.260 e. The molecule has 0 radical (unpaired) electrons. The number of aryl methyl sites for hydroxylation is 1. The molecule has 3 nitrogen and oxygen atoms in total. The van der Waals surface area contributed by atoms with Crippen LogP contribution >= 0.6 is 11.6 Å². The second-order valence-electron chi connectivity index (χ2n) is 4.38. The highest BCUT2D eigenvalue weighted by molar-refractivity contribution is 6.29. The molecule has 1 heterocycles. The average molecular weight is 317 g/mol. The minimum atomic E-state index is -2.36. The monoisotopic (exact) mass is 316 g/mol. The van der Waals surface area contributed by atoms with Gasteiger partial charge in [-0.2, -0.15) is 0 Å². The molecular formula is C15H19ClF2N2O. The van der Waals surface area contributed by atoms with Crippen molar-refractivity contribution in [3.8, 4) is 0 Å². The number of alkyl halides is 2. The Bertz CT molecular complexity index is 555. The highest BCUT2D eigenvalue weighted by atomic mass is 35.5. The summed E-state index contributed by atoms with van der Waals surface area (Å²) >= 11 is 5.60. The van der Waals surface area contributed by atoms with Crippen molar-refractivity contribution in [1.29, 1.82) is 0 Å². The molecule has 1 aromatic heterocycles. The number of allylic oxidation sites excluding steroid dienone is 2. The molecule has 0 aliphatic rings. The molecule has 0 unspecified atom stereocenters. The Morgan fingerprint density at radius 1 is 1.33 bits per heavy atom. The van der Waals surface area contributed by atoms with Gasteiger partial charge in [0.1, 0.15) is 5.15 Å². The Labute approximate surface area is 128 Å². The summed E-state index contributed by atoms with van der Waals surface area (Å²) in [5.41, 5.74) is 2.00. The molecule has 21 heavy (non-hydrogen) atoms. The van der Waals surface area contributed by atoms with Crippen LogP contribution in [0.25, 0.3) is 0 Å². The third kappa shape index (κ3) is 7.66. The summed E-state index contributed by atoms with van der Waals surface area (Å²) in [6, 6.07) is 3.30. The summed E-state index contributed by atoms with van der Waals surface area (Å²) in [5.74, 6) is 0.0201. The summed E-state index contributed by atoms with van der Waals surface area (Å²) < 4.78 is 23.6. The largest absolute Gasteiger partial charge is 0.294 e. The number of hydrogen-bond acceptors (Lipinski definition) is 3. The van der Waals surface area contributed by atoms with Crippen molar-refractivity contribution in [2.45, 2.75) is 34.1 Å². The fourth-order valence-corrected chi connectivity index (χ4v) is 1.55. The zero-order valence-electron chi connectivity index (χ0n) is 12.7. The molecule has 0 saturated heterocycles. The summed E-state index contributed by atoms with van der Waals surface area (Å²) in [4.78, 5) is 18.6. The van der Waals surface area contributed by atoms with Gasteiger partial charge in [-0.25, -0.2) is 13.8 Å². The fourth-order valence-electron chi connectivity index (χ4n) is 1.36. The minimum absolute atomic E-state index is 0.0201. The van der Waals surface area contributed by atoms with E-state index in [4.69, 9.17) is 11.6 Å². The number of nitrogens with zero attached hydrogens (tertiary/aromatic N) is 2. The van der Waals surface area contributed by atoms with Gasteiger partial charge in [-0.3, -0.25) is 9.79 Å². The molecule has 0 atom stereocenters. The van der Waals surface area contributed by atoms with E-state index in [1.807, 2.05) is 0 Å². The van der Waals surface area contributed by atoms with Crippen LogP contribution in [0.5, 0.6) is 0 Å². The first kappa shape index (κ1) is 19.4. The Hall–Kier alpha value is -1.62.